The van der Waals surface area contributed by atoms with Crippen LogP contribution in [0.5, 0.6) is 5.75 Å². The molecule has 0 heterocycles. The second kappa shape index (κ2) is 4.96. The third-order valence-corrected chi connectivity index (χ3v) is 2.21. The maximum absolute atomic E-state index is 13.0. The number of nitro benzene ring substituents is 1. The first kappa shape index (κ1) is 13.8. The number of hydrogen-bond acceptors (Lipinski definition) is 5. The van der Waals surface area contributed by atoms with Gasteiger partial charge in [0.25, 0.3) is 0 Å². The summed E-state index contributed by atoms with van der Waals surface area (Å²) in [6.45, 7) is 0.910. The van der Waals surface area contributed by atoms with Crippen LogP contribution in [0.2, 0.25) is 0 Å². The SMILES string of the molecule is CC(N)(COc1cc(F)ccc1[N+](=O)[O-])C(N)=O. The van der Waals surface area contributed by atoms with Gasteiger partial charge in [0, 0.05) is 12.1 Å². The molecule has 98 valence electrons. The van der Waals surface area contributed by atoms with E-state index >= 15 is 0 Å². The summed E-state index contributed by atoms with van der Waals surface area (Å²) in [5, 5.41) is 10.7. The van der Waals surface area contributed by atoms with E-state index < -0.39 is 34.5 Å². The topological polar surface area (TPSA) is 121 Å². The Morgan fingerprint density at radius 3 is 2.72 bits per heavy atom. The van der Waals surface area contributed by atoms with Crippen LogP contribution in [0.15, 0.2) is 18.2 Å². The Hall–Kier alpha value is -2.22. The van der Waals surface area contributed by atoms with Gasteiger partial charge in [-0.15, -0.1) is 0 Å². The zero-order chi connectivity index (χ0) is 13.9. The van der Waals surface area contributed by atoms with Crippen LogP contribution >= 0.6 is 0 Å². The molecule has 0 fully saturated rings. The van der Waals surface area contributed by atoms with Crippen LogP contribution in [0.1, 0.15) is 6.92 Å². The Balaban J connectivity index is 2.94. The molecular formula is C10H12FN3O4. The Labute approximate surface area is 102 Å². The summed E-state index contributed by atoms with van der Waals surface area (Å²) in [4.78, 5) is 20.9. The number of nitrogens with two attached hydrogens (primary N) is 2. The van der Waals surface area contributed by atoms with E-state index in [0.29, 0.717) is 0 Å². The predicted octanol–water partition coefficient (Wildman–Crippen LogP) is 0.315. The minimum Gasteiger partial charge on any atom is -0.484 e. The van der Waals surface area contributed by atoms with Crippen LogP contribution in [0.4, 0.5) is 10.1 Å². The number of benzene rings is 1. The summed E-state index contributed by atoms with van der Waals surface area (Å²) >= 11 is 0. The van der Waals surface area contributed by atoms with Crippen molar-refractivity contribution in [3.63, 3.8) is 0 Å². The molecule has 4 N–H and O–H groups in total. The monoisotopic (exact) mass is 257 g/mol. The van der Waals surface area contributed by atoms with Gasteiger partial charge in [0.05, 0.1) is 4.92 Å². The zero-order valence-corrected chi connectivity index (χ0v) is 9.55. The highest BCUT2D eigenvalue weighted by atomic mass is 19.1. The fraction of sp³-hybridized carbons (Fsp3) is 0.300. The summed E-state index contributed by atoms with van der Waals surface area (Å²) in [6, 6.07) is 2.73. The molecule has 0 saturated heterocycles. The standard InChI is InChI=1S/C10H12FN3O4/c1-10(13,9(12)15)5-18-8-4-6(11)2-3-7(8)14(16)17/h2-4H,5,13H2,1H3,(H2,12,15). The van der Waals surface area contributed by atoms with Crippen molar-refractivity contribution in [2.24, 2.45) is 11.5 Å². The summed E-state index contributed by atoms with van der Waals surface area (Å²) in [5.74, 6) is -1.84. The zero-order valence-electron chi connectivity index (χ0n) is 9.55. The van der Waals surface area contributed by atoms with E-state index in [1.165, 1.54) is 6.92 Å². The summed E-state index contributed by atoms with van der Waals surface area (Å²) in [5.41, 5.74) is 8.60. The summed E-state index contributed by atoms with van der Waals surface area (Å²) in [7, 11) is 0. The number of ether oxygens (including phenoxy) is 1. The second-order valence-corrected chi connectivity index (χ2v) is 3.94. The summed E-state index contributed by atoms with van der Waals surface area (Å²) < 4.78 is 18.0. The van der Waals surface area contributed by atoms with Crippen molar-refractivity contribution in [2.45, 2.75) is 12.5 Å². The number of rotatable bonds is 5. The smallest absolute Gasteiger partial charge is 0.311 e. The average molecular weight is 257 g/mol. The first-order chi connectivity index (χ1) is 8.24. The molecule has 0 aliphatic rings. The number of halogens is 1. The van der Waals surface area contributed by atoms with Crippen molar-refractivity contribution in [2.75, 3.05) is 6.61 Å². The van der Waals surface area contributed by atoms with E-state index in [2.05, 4.69) is 0 Å². The Morgan fingerprint density at radius 2 is 2.22 bits per heavy atom. The van der Waals surface area contributed by atoms with E-state index in [9.17, 15) is 19.3 Å². The number of nitro groups is 1. The first-order valence-corrected chi connectivity index (χ1v) is 4.89. The van der Waals surface area contributed by atoms with Gasteiger partial charge in [-0.25, -0.2) is 4.39 Å². The number of hydrogen-bond donors (Lipinski definition) is 2. The van der Waals surface area contributed by atoms with Crippen LogP contribution in [0, 0.1) is 15.9 Å². The molecule has 0 bridgehead atoms. The number of carbonyl (C=O) groups excluding carboxylic acids is 1. The van der Waals surface area contributed by atoms with Crippen LogP contribution in [-0.2, 0) is 4.79 Å². The van der Waals surface area contributed by atoms with Crippen LogP contribution in [0.25, 0.3) is 0 Å². The van der Waals surface area contributed by atoms with Gasteiger partial charge in [0.15, 0.2) is 5.75 Å². The molecule has 1 atom stereocenters. The Kier molecular flexibility index (Phi) is 3.82. The molecule has 8 heteroatoms. The van der Waals surface area contributed by atoms with Gasteiger partial charge in [-0.3, -0.25) is 14.9 Å². The summed E-state index contributed by atoms with van der Waals surface area (Å²) in [6.07, 6.45) is 0. The van der Waals surface area contributed by atoms with E-state index in [4.69, 9.17) is 16.2 Å². The van der Waals surface area contributed by atoms with Gasteiger partial charge in [-0.2, -0.15) is 0 Å². The molecule has 0 aliphatic heterocycles. The van der Waals surface area contributed by atoms with Crippen molar-refractivity contribution in [3.05, 3.63) is 34.1 Å². The Bertz CT molecular complexity index is 490. The lowest BCUT2D eigenvalue weighted by Gasteiger charge is -2.20. The fourth-order valence-corrected chi connectivity index (χ4v) is 1.05. The fourth-order valence-electron chi connectivity index (χ4n) is 1.05. The predicted molar refractivity (Wildman–Crippen MR) is 60.3 cm³/mol. The lowest BCUT2D eigenvalue weighted by molar-refractivity contribution is -0.386. The maximum atomic E-state index is 13.0. The number of nitrogens with zero attached hydrogens (tertiary/aromatic N) is 1. The normalized spacial score (nSPS) is 13.7. The van der Waals surface area contributed by atoms with Crippen LogP contribution in [-0.4, -0.2) is 23.0 Å². The van der Waals surface area contributed by atoms with Gasteiger partial charge in [-0.05, 0) is 13.0 Å². The van der Waals surface area contributed by atoms with E-state index in [1.54, 1.807) is 0 Å². The molecule has 1 unspecified atom stereocenters. The molecule has 1 amide bonds. The van der Waals surface area contributed by atoms with Crippen molar-refractivity contribution >= 4 is 11.6 Å². The van der Waals surface area contributed by atoms with E-state index in [0.717, 1.165) is 18.2 Å². The molecule has 0 aromatic heterocycles. The highest BCUT2D eigenvalue weighted by Crippen LogP contribution is 2.27. The molecule has 0 aliphatic carbocycles. The molecule has 1 aromatic rings. The lowest BCUT2D eigenvalue weighted by atomic mass is 10.1. The number of amides is 1. The molecule has 7 nitrogen and oxygen atoms in total. The molecule has 0 saturated carbocycles. The molecule has 1 aromatic carbocycles. The van der Waals surface area contributed by atoms with Crippen molar-refractivity contribution in [3.8, 4) is 5.75 Å². The van der Waals surface area contributed by atoms with Gasteiger partial charge < -0.3 is 16.2 Å². The lowest BCUT2D eigenvalue weighted by Crippen LogP contribution is -2.53. The van der Waals surface area contributed by atoms with Gasteiger partial charge in [0.2, 0.25) is 5.91 Å². The van der Waals surface area contributed by atoms with E-state index in [-0.39, 0.29) is 5.75 Å². The van der Waals surface area contributed by atoms with Crippen LogP contribution in [0.3, 0.4) is 0 Å². The highest BCUT2D eigenvalue weighted by Gasteiger charge is 2.28. The number of carbonyl (C=O) groups is 1. The number of primary amides is 1. The van der Waals surface area contributed by atoms with Crippen LogP contribution < -0.4 is 16.2 Å². The minimum absolute atomic E-state index is 0.307. The van der Waals surface area contributed by atoms with Gasteiger partial charge in [-0.1, -0.05) is 0 Å². The third-order valence-electron chi connectivity index (χ3n) is 2.21. The molecule has 18 heavy (non-hydrogen) atoms. The average Bonchev–Trinajstić information content (AvgIpc) is 2.26. The van der Waals surface area contributed by atoms with Crippen molar-refractivity contribution in [1.82, 2.24) is 0 Å². The van der Waals surface area contributed by atoms with Gasteiger partial charge >= 0.3 is 5.69 Å². The maximum Gasteiger partial charge on any atom is 0.311 e. The third kappa shape index (κ3) is 3.14. The Morgan fingerprint density at radius 1 is 1.61 bits per heavy atom. The largest absolute Gasteiger partial charge is 0.484 e. The van der Waals surface area contributed by atoms with Crippen molar-refractivity contribution in [1.29, 1.82) is 0 Å². The molecular weight excluding hydrogens is 245 g/mol. The van der Waals surface area contributed by atoms with E-state index in [1.807, 2.05) is 0 Å². The molecule has 1 rings (SSSR count). The van der Waals surface area contributed by atoms with Gasteiger partial charge in [0.1, 0.15) is 18.0 Å². The second-order valence-electron chi connectivity index (χ2n) is 3.94. The molecule has 0 spiro atoms. The van der Waals surface area contributed by atoms with Crippen molar-refractivity contribution < 1.29 is 18.8 Å². The first-order valence-electron chi connectivity index (χ1n) is 4.89. The molecule has 0 radical (unpaired) electrons. The minimum atomic E-state index is -1.50. The highest BCUT2D eigenvalue weighted by molar-refractivity contribution is 5.84. The quantitative estimate of drug-likeness (QED) is 0.580.